The molecule has 2 rings (SSSR count). The Labute approximate surface area is 109 Å². The van der Waals surface area contributed by atoms with E-state index in [0.29, 0.717) is 11.9 Å². The predicted octanol–water partition coefficient (Wildman–Crippen LogP) is 1.77. The fourth-order valence-electron chi connectivity index (χ4n) is 2.29. The van der Waals surface area contributed by atoms with E-state index < -0.39 is 0 Å². The lowest BCUT2D eigenvalue weighted by Gasteiger charge is -2.32. The number of piperidine rings is 1. The molecule has 1 fully saturated rings. The van der Waals surface area contributed by atoms with Crippen LogP contribution in [0.4, 0.5) is 5.82 Å². The summed E-state index contributed by atoms with van der Waals surface area (Å²) in [6.07, 6.45) is 5.55. The van der Waals surface area contributed by atoms with E-state index in [9.17, 15) is 0 Å². The molecule has 1 unspecified atom stereocenters. The summed E-state index contributed by atoms with van der Waals surface area (Å²) in [6, 6.07) is 2.36. The van der Waals surface area contributed by atoms with Gasteiger partial charge in [0, 0.05) is 18.7 Å². The maximum absolute atomic E-state index is 5.08. The highest BCUT2D eigenvalue weighted by Crippen LogP contribution is 2.14. The van der Waals surface area contributed by atoms with Crippen LogP contribution in [0.3, 0.4) is 0 Å². The third-order valence-corrected chi connectivity index (χ3v) is 3.44. The van der Waals surface area contributed by atoms with Gasteiger partial charge in [0.15, 0.2) is 0 Å². The molecule has 0 saturated carbocycles. The number of likely N-dealkylation sites (tertiary alicyclic amines) is 1. The van der Waals surface area contributed by atoms with E-state index in [2.05, 4.69) is 27.1 Å². The zero-order valence-electron chi connectivity index (χ0n) is 11.2. The molecule has 0 aliphatic carbocycles. The molecule has 5 nitrogen and oxygen atoms in total. The first-order valence-electron chi connectivity index (χ1n) is 6.63. The zero-order chi connectivity index (χ0) is 12.8. The number of hydrogen-bond acceptors (Lipinski definition) is 5. The Morgan fingerprint density at radius 2 is 2.11 bits per heavy atom. The topological polar surface area (TPSA) is 50.3 Å². The number of nitrogens with one attached hydrogen (secondary N) is 1. The Kier molecular flexibility index (Phi) is 4.75. The van der Waals surface area contributed by atoms with Crippen LogP contribution in [0.1, 0.15) is 26.2 Å². The Balaban J connectivity index is 1.82. The summed E-state index contributed by atoms with van der Waals surface area (Å²) >= 11 is 0. The highest BCUT2D eigenvalue weighted by atomic mass is 16.5. The third kappa shape index (κ3) is 3.57. The fourth-order valence-corrected chi connectivity index (χ4v) is 2.29. The number of ether oxygens (including phenoxy) is 1. The van der Waals surface area contributed by atoms with Gasteiger partial charge in [-0.15, -0.1) is 0 Å². The van der Waals surface area contributed by atoms with Crippen LogP contribution in [-0.4, -0.2) is 47.7 Å². The molecule has 1 atom stereocenters. The minimum Gasteiger partial charge on any atom is -0.481 e. The fraction of sp³-hybridized carbons (Fsp3) is 0.692. The molecule has 2 heterocycles. The van der Waals surface area contributed by atoms with Gasteiger partial charge >= 0.3 is 0 Å². The lowest BCUT2D eigenvalue weighted by molar-refractivity contribution is 0.180. The quantitative estimate of drug-likeness (QED) is 0.863. The summed E-state index contributed by atoms with van der Waals surface area (Å²) in [5.74, 6) is 1.42. The number of rotatable bonds is 5. The van der Waals surface area contributed by atoms with E-state index in [-0.39, 0.29) is 0 Å². The van der Waals surface area contributed by atoms with Gasteiger partial charge in [-0.25, -0.2) is 9.97 Å². The molecule has 1 aliphatic heterocycles. The number of anilines is 1. The van der Waals surface area contributed by atoms with Crippen molar-refractivity contribution in [2.75, 3.05) is 32.1 Å². The zero-order valence-corrected chi connectivity index (χ0v) is 11.2. The van der Waals surface area contributed by atoms with Crippen LogP contribution in [0.5, 0.6) is 5.88 Å². The second-order valence-corrected chi connectivity index (χ2v) is 4.77. The second-order valence-electron chi connectivity index (χ2n) is 4.77. The molecule has 0 spiro atoms. The Morgan fingerprint density at radius 1 is 1.33 bits per heavy atom. The van der Waals surface area contributed by atoms with Crippen molar-refractivity contribution in [1.29, 1.82) is 0 Å². The minimum absolute atomic E-state index is 0.534. The van der Waals surface area contributed by atoms with Crippen LogP contribution in [0.15, 0.2) is 12.4 Å². The number of aromatic nitrogens is 2. The van der Waals surface area contributed by atoms with Crippen molar-refractivity contribution >= 4 is 5.82 Å². The van der Waals surface area contributed by atoms with E-state index in [0.717, 1.165) is 12.4 Å². The van der Waals surface area contributed by atoms with Crippen molar-refractivity contribution in [3.05, 3.63) is 12.4 Å². The van der Waals surface area contributed by atoms with Crippen LogP contribution in [0.2, 0.25) is 0 Å². The molecule has 5 heteroatoms. The molecule has 0 aromatic carbocycles. The SMILES string of the molecule is COc1cc(NCC(C)N2CCCCC2)ncn1. The third-order valence-electron chi connectivity index (χ3n) is 3.44. The van der Waals surface area contributed by atoms with E-state index >= 15 is 0 Å². The van der Waals surface area contributed by atoms with Crippen molar-refractivity contribution < 1.29 is 4.74 Å². The molecule has 100 valence electrons. The van der Waals surface area contributed by atoms with Gasteiger partial charge in [-0.05, 0) is 32.9 Å². The van der Waals surface area contributed by atoms with Crippen LogP contribution < -0.4 is 10.1 Å². The van der Waals surface area contributed by atoms with Gasteiger partial charge in [-0.1, -0.05) is 6.42 Å². The lowest BCUT2D eigenvalue weighted by atomic mass is 10.1. The highest BCUT2D eigenvalue weighted by Gasteiger charge is 2.16. The smallest absolute Gasteiger partial charge is 0.218 e. The van der Waals surface area contributed by atoms with Gasteiger partial charge in [0.05, 0.1) is 7.11 Å². The van der Waals surface area contributed by atoms with E-state index in [1.165, 1.54) is 38.7 Å². The maximum Gasteiger partial charge on any atom is 0.218 e. The molecule has 1 saturated heterocycles. The largest absolute Gasteiger partial charge is 0.481 e. The first-order valence-corrected chi connectivity index (χ1v) is 6.63. The molecule has 0 bridgehead atoms. The van der Waals surface area contributed by atoms with Crippen LogP contribution in [0, 0.1) is 0 Å². The average molecular weight is 250 g/mol. The molecular weight excluding hydrogens is 228 g/mol. The molecule has 18 heavy (non-hydrogen) atoms. The molecule has 1 aromatic rings. The summed E-state index contributed by atoms with van der Waals surface area (Å²) in [5, 5.41) is 3.34. The van der Waals surface area contributed by atoms with Crippen molar-refractivity contribution in [3.63, 3.8) is 0 Å². The summed E-state index contributed by atoms with van der Waals surface area (Å²) in [4.78, 5) is 10.7. The molecule has 1 aliphatic rings. The highest BCUT2D eigenvalue weighted by molar-refractivity contribution is 5.37. The standard InChI is InChI=1S/C13H22N4O/c1-11(17-6-4-3-5-7-17)9-14-12-8-13(18-2)16-10-15-12/h8,10-11H,3-7,9H2,1-2H3,(H,14,15,16). The molecule has 0 amide bonds. The van der Waals surface area contributed by atoms with Crippen molar-refractivity contribution in [1.82, 2.24) is 14.9 Å². The minimum atomic E-state index is 0.534. The monoisotopic (exact) mass is 250 g/mol. The summed E-state index contributed by atoms with van der Waals surface area (Å²) < 4.78 is 5.08. The normalized spacial score (nSPS) is 18.3. The van der Waals surface area contributed by atoms with Gasteiger partial charge in [0.2, 0.25) is 5.88 Å². The van der Waals surface area contributed by atoms with Crippen LogP contribution in [-0.2, 0) is 0 Å². The number of methoxy groups -OCH3 is 1. The molecule has 1 aromatic heterocycles. The predicted molar refractivity (Wildman–Crippen MR) is 72.0 cm³/mol. The summed E-state index contributed by atoms with van der Waals surface area (Å²) in [7, 11) is 1.61. The van der Waals surface area contributed by atoms with Crippen LogP contribution >= 0.6 is 0 Å². The Bertz CT molecular complexity index is 366. The molecular formula is C13H22N4O. The van der Waals surface area contributed by atoms with Crippen molar-refractivity contribution in [3.8, 4) is 5.88 Å². The van der Waals surface area contributed by atoms with Crippen molar-refractivity contribution in [2.24, 2.45) is 0 Å². The van der Waals surface area contributed by atoms with Gasteiger partial charge < -0.3 is 10.1 Å². The van der Waals surface area contributed by atoms with Crippen molar-refractivity contribution in [2.45, 2.75) is 32.2 Å². The number of hydrogen-bond donors (Lipinski definition) is 1. The first kappa shape index (κ1) is 13.1. The Hall–Kier alpha value is -1.36. The van der Waals surface area contributed by atoms with Gasteiger partial charge in [-0.2, -0.15) is 0 Å². The second kappa shape index (κ2) is 6.54. The summed E-state index contributed by atoms with van der Waals surface area (Å²) in [6.45, 7) is 5.60. The van der Waals surface area contributed by atoms with Crippen LogP contribution in [0.25, 0.3) is 0 Å². The van der Waals surface area contributed by atoms with E-state index in [1.54, 1.807) is 7.11 Å². The number of nitrogens with zero attached hydrogens (tertiary/aromatic N) is 3. The molecule has 1 N–H and O–H groups in total. The van der Waals surface area contributed by atoms with E-state index in [1.807, 2.05) is 6.07 Å². The summed E-state index contributed by atoms with van der Waals surface area (Å²) in [5.41, 5.74) is 0. The maximum atomic E-state index is 5.08. The molecule has 0 radical (unpaired) electrons. The lowest BCUT2D eigenvalue weighted by Crippen LogP contribution is -2.41. The van der Waals surface area contributed by atoms with Gasteiger partial charge in [0.25, 0.3) is 0 Å². The average Bonchev–Trinajstić information content (AvgIpc) is 2.46. The Morgan fingerprint density at radius 3 is 2.83 bits per heavy atom. The van der Waals surface area contributed by atoms with Gasteiger partial charge in [0.1, 0.15) is 12.1 Å². The van der Waals surface area contributed by atoms with E-state index in [4.69, 9.17) is 4.74 Å². The van der Waals surface area contributed by atoms with Gasteiger partial charge in [-0.3, -0.25) is 4.90 Å². The first-order chi connectivity index (χ1) is 8.79.